The van der Waals surface area contributed by atoms with Gasteiger partial charge in [0.15, 0.2) is 0 Å². The number of aliphatic hydroxyl groups excluding tert-OH is 1. The lowest BCUT2D eigenvalue weighted by Gasteiger charge is -2.21. The van der Waals surface area contributed by atoms with Crippen molar-refractivity contribution in [1.29, 1.82) is 0 Å². The van der Waals surface area contributed by atoms with Crippen molar-refractivity contribution in [3.63, 3.8) is 0 Å². The zero-order valence-electron chi connectivity index (χ0n) is 8.28. The number of aromatic nitrogens is 1. The fraction of sp³-hybridized carbons (Fsp3) is 0.500. The maximum absolute atomic E-state index is 8.76. The number of nitrogens with zero attached hydrogens (tertiary/aromatic N) is 2. The van der Waals surface area contributed by atoms with E-state index in [4.69, 9.17) is 5.11 Å². The summed E-state index contributed by atoms with van der Waals surface area (Å²) < 4.78 is 0.845. The minimum absolute atomic E-state index is 0.227. The van der Waals surface area contributed by atoms with Gasteiger partial charge in [-0.15, -0.1) is 0 Å². The first-order valence-electron chi connectivity index (χ1n) is 4.76. The average Bonchev–Trinajstić information content (AvgIpc) is 2.19. The molecule has 4 heteroatoms. The minimum atomic E-state index is 0.227. The van der Waals surface area contributed by atoms with Gasteiger partial charge in [0.1, 0.15) is 10.4 Å². The van der Waals surface area contributed by atoms with Crippen molar-refractivity contribution in [3.8, 4) is 0 Å². The molecule has 1 aromatic rings. The van der Waals surface area contributed by atoms with Gasteiger partial charge in [-0.25, -0.2) is 4.98 Å². The molecule has 78 valence electrons. The molecule has 0 aliphatic heterocycles. The molecule has 0 radical (unpaired) electrons. The van der Waals surface area contributed by atoms with E-state index in [2.05, 4.69) is 32.7 Å². The molecule has 1 heterocycles. The largest absolute Gasteiger partial charge is 0.396 e. The molecule has 1 aromatic heterocycles. The Balaban J connectivity index is 2.68. The van der Waals surface area contributed by atoms with Crippen LogP contribution in [-0.2, 0) is 0 Å². The first-order valence-corrected chi connectivity index (χ1v) is 5.55. The van der Waals surface area contributed by atoms with Crippen molar-refractivity contribution >= 4 is 21.7 Å². The Hall–Kier alpha value is -0.610. The average molecular weight is 259 g/mol. The third kappa shape index (κ3) is 3.27. The highest BCUT2D eigenvalue weighted by atomic mass is 79.9. The van der Waals surface area contributed by atoms with Gasteiger partial charge >= 0.3 is 0 Å². The molecule has 0 aliphatic rings. The summed E-state index contributed by atoms with van der Waals surface area (Å²) in [5, 5.41) is 8.76. The molecule has 0 saturated heterocycles. The van der Waals surface area contributed by atoms with Crippen LogP contribution in [0.2, 0.25) is 0 Å². The second kappa shape index (κ2) is 5.98. The van der Waals surface area contributed by atoms with Gasteiger partial charge in [-0.05, 0) is 41.4 Å². The monoisotopic (exact) mass is 258 g/mol. The van der Waals surface area contributed by atoms with E-state index < -0.39 is 0 Å². The molecule has 0 amide bonds. The fourth-order valence-electron chi connectivity index (χ4n) is 1.27. The summed E-state index contributed by atoms with van der Waals surface area (Å²) in [5.74, 6) is 0.954. The van der Waals surface area contributed by atoms with Crippen LogP contribution in [0.4, 0.5) is 5.82 Å². The normalized spacial score (nSPS) is 10.2. The van der Waals surface area contributed by atoms with Crippen molar-refractivity contribution in [2.45, 2.75) is 13.3 Å². The van der Waals surface area contributed by atoms with E-state index in [1.807, 2.05) is 18.2 Å². The lowest BCUT2D eigenvalue weighted by atomic mass is 10.3. The fourth-order valence-corrected chi connectivity index (χ4v) is 1.60. The third-order valence-electron chi connectivity index (χ3n) is 1.99. The van der Waals surface area contributed by atoms with E-state index in [0.717, 1.165) is 29.9 Å². The van der Waals surface area contributed by atoms with Crippen LogP contribution in [0.5, 0.6) is 0 Å². The molecule has 3 nitrogen and oxygen atoms in total. The van der Waals surface area contributed by atoms with Crippen LogP contribution < -0.4 is 4.90 Å². The van der Waals surface area contributed by atoms with Crippen LogP contribution in [0.1, 0.15) is 13.3 Å². The molecule has 0 aromatic carbocycles. The Bertz CT molecular complexity index is 281. The van der Waals surface area contributed by atoms with Crippen LogP contribution in [0.3, 0.4) is 0 Å². The van der Waals surface area contributed by atoms with Crippen LogP contribution >= 0.6 is 15.9 Å². The summed E-state index contributed by atoms with van der Waals surface area (Å²) in [6.45, 7) is 4.06. The van der Waals surface area contributed by atoms with Crippen LogP contribution in [0.25, 0.3) is 0 Å². The summed E-state index contributed by atoms with van der Waals surface area (Å²) >= 11 is 3.34. The summed E-state index contributed by atoms with van der Waals surface area (Å²) in [7, 11) is 0. The molecule has 0 saturated carbocycles. The Labute approximate surface area is 92.9 Å². The van der Waals surface area contributed by atoms with Gasteiger partial charge in [-0.3, -0.25) is 0 Å². The van der Waals surface area contributed by atoms with Crippen molar-refractivity contribution in [2.24, 2.45) is 0 Å². The highest BCUT2D eigenvalue weighted by Gasteiger charge is 2.04. The second-order valence-corrected chi connectivity index (χ2v) is 3.79. The number of pyridine rings is 1. The highest BCUT2D eigenvalue weighted by Crippen LogP contribution is 2.14. The summed E-state index contributed by atoms with van der Waals surface area (Å²) in [6.07, 6.45) is 0.780. The molecular formula is C10H15BrN2O. The number of hydrogen-bond donors (Lipinski definition) is 1. The van der Waals surface area contributed by atoms with Crippen LogP contribution in [0, 0.1) is 0 Å². The first kappa shape index (κ1) is 11.5. The number of rotatable bonds is 5. The number of hydrogen-bond acceptors (Lipinski definition) is 3. The quantitative estimate of drug-likeness (QED) is 0.822. The van der Waals surface area contributed by atoms with Crippen LogP contribution in [-0.4, -0.2) is 29.8 Å². The SMILES string of the molecule is CCN(CCCO)c1cccc(Br)n1. The van der Waals surface area contributed by atoms with E-state index in [-0.39, 0.29) is 6.61 Å². The third-order valence-corrected chi connectivity index (χ3v) is 2.43. The van der Waals surface area contributed by atoms with Gasteiger partial charge in [-0.2, -0.15) is 0 Å². The Kier molecular flexibility index (Phi) is 4.90. The predicted molar refractivity (Wildman–Crippen MR) is 61.5 cm³/mol. The van der Waals surface area contributed by atoms with Gasteiger partial charge in [0, 0.05) is 19.7 Å². The first-order chi connectivity index (χ1) is 6.77. The molecule has 0 spiro atoms. The van der Waals surface area contributed by atoms with E-state index in [9.17, 15) is 0 Å². The summed E-state index contributed by atoms with van der Waals surface area (Å²) in [4.78, 5) is 6.50. The standard InChI is InChI=1S/C10H15BrN2O/c1-2-13(7-4-8-14)10-6-3-5-9(11)12-10/h3,5-6,14H,2,4,7-8H2,1H3. The Morgan fingerprint density at radius 3 is 2.86 bits per heavy atom. The molecule has 0 aliphatic carbocycles. The maximum atomic E-state index is 8.76. The van der Waals surface area contributed by atoms with Crippen molar-refractivity contribution in [3.05, 3.63) is 22.8 Å². The zero-order chi connectivity index (χ0) is 10.4. The molecule has 0 atom stereocenters. The molecule has 14 heavy (non-hydrogen) atoms. The van der Waals surface area contributed by atoms with Crippen molar-refractivity contribution in [2.75, 3.05) is 24.6 Å². The number of aliphatic hydroxyl groups is 1. The number of anilines is 1. The van der Waals surface area contributed by atoms with Crippen molar-refractivity contribution < 1.29 is 5.11 Å². The molecule has 1 N–H and O–H groups in total. The zero-order valence-corrected chi connectivity index (χ0v) is 9.87. The molecule has 0 fully saturated rings. The van der Waals surface area contributed by atoms with Crippen LogP contribution in [0.15, 0.2) is 22.8 Å². The molecular weight excluding hydrogens is 244 g/mol. The highest BCUT2D eigenvalue weighted by molar-refractivity contribution is 9.10. The second-order valence-electron chi connectivity index (χ2n) is 2.98. The van der Waals surface area contributed by atoms with E-state index in [1.54, 1.807) is 0 Å². The number of halogens is 1. The Morgan fingerprint density at radius 1 is 1.50 bits per heavy atom. The Morgan fingerprint density at radius 2 is 2.29 bits per heavy atom. The smallest absolute Gasteiger partial charge is 0.129 e. The van der Waals surface area contributed by atoms with E-state index >= 15 is 0 Å². The van der Waals surface area contributed by atoms with Gasteiger partial charge < -0.3 is 10.0 Å². The van der Waals surface area contributed by atoms with E-state index in [1.165, 1.54) is 0 Å². The molecule has 0 unspecified atom stereocenters. The lowest BCUT2D eigenvalue weighted by molar-refractivity contribution is 0.289. The van der Waals surface area contributed by atoms with Crippen molar-refractivity contribution in [1.82, 2.24) is 4.98 Å². The van der Waals surface area contributed by atoms with Gasteiger partial charge in [0.2, 0.25) is 0 Å². The van der Waals surface area contributed by atoms with E-state index in [0.29, 0.717) is 0 Å². The molecule has 0 bridgehead atoms. The summed E-state index contributed by atoms with van der Waals surface area (Å²) in [6, 6.07) is 5.85. The maximum Gasteiger partial charge on any atom is 0.129 e. The lowest BCUT2D eigenvalue weighted by Crippen LogP contribution is -2.25. The van der Waals surface area contributed by atoms with Gasteiger partial charge in [0.05, 0.1) is 0 Å². The minimum Gasteiger partial charge on any atom is -0.396 e. The van der Waals surface area contributed by atoms with Gasteiger partial charge in [-0.1, -0.05) is 6.07 Å². The summed E-state index contributed by atoms with van der Waals surface area (Å²) in [5.41, 5.74) is 0. The predicted octanol–water partition coefficient (Wildman–Crippen LogP) is 2.05. The van der Waals surface area contributed by atoms with Gasteiger partial charge in [0.25, 0.3) is 0 Å². The topological polar surface area (TPSA) is 36.4 Å². The molecule has 1 rings (SSSR count).